The smallest absolute Gasteiger partial charge is 0.306 e. The maximum absolute atomic E-state index is 12.3. The number of hydrogen-bond donors (Lipinski definition) is 1. The predicted octanol–water partition coefficient (Wildman–Crippen LogP) is 19.9. The van der Waals surface area contributed by atoms with Crippen LogP contribution in [-0.2, 0) is 19.1 Å². The first-order chi connectivity index (χ1) is 36.6. The number of unbranched alkanes of at least 4 members (excludes halogenated alkanes) is 7. The third kappa shape index (κ3) is 59.0. The van der Waals surface area contributed by atoms with Gasteiger partial charge in [-0.2, -0.15) is 0 Å². The number of carbonyl (C=O) groups is 2. The van der Waals surface area contributed by atoms with Crippen LogP contribution in [0.2, 0.25) is 0 Å². The van der Waals surface area contributed by atoms with Crippen LogP contribution in [0, 0.1) is 0 Å². The fraction of sp³-hybridized carbons (Fsp3) is 0.478. The summed E-state index contributed by atoms with van der Waals surface area (Å²) >= 11 is 0. The molecule has 0 aromatic carbocycles. The lowest BCUT2D eigenvalue weighted by molar-refractivity contribution is -0.161. The molecule has 0 aromatic rings. The Morgan fingerprint density at radius 1 is 0.311 bits per heavy atom. The van der Waals surface area contributed by atoms with Crippen LogP contribution in [0.15, 0.2) is 207 Å². The van der Waals surface area contributed by atoms with Crippen LogP contribution in [0.4, 0.5) is 0 Å². The highest BCUT2D eigenvalue weighted by Crippen LogP contribution is 2.12. The normalized spacial score (nSPS) is 13.8. The number of carbonyl (C=O) groups excluding carboxylic acids is 2. The molecule has 0 amide bonds. The second-order valence-electron chi connectivity index (χ2n) is 17.9. The van der Waals surface area contributed by atoms with Crippen LogP contribution >= 0.6 is 0 Å². The lowest BCUT2D eigenvalue weighted by atomic mass is 10.1. The molecule has 1 unspecified atom stereocenters. The molecular weight excluding hydrogens is 909 g/mol. The Balaban J connectivity index is 3.71. The van der Waals surface area contributed by atoms with Crippen molar-refractivity contribution >= 4 is 11.9 Å². The van der Waals surface area contributed by atoms with Gasteiger partial charge in [-0.15, -0.1) is 0 Å². The molecule has 5 heteroatoms. The van der Waals surface area contributed by atoms with Gasteiger partial charge in [-0.3, -0.25) is 9.59 Å². The zero-order valence-corrected chi connectivity index (χ0v) is 46.5. The molecule has 5 nitrogen and oxygen atoms in total. The van der Waals surface area contributed by atoms with E-state index in [9.17, 15) is 14.7 Å². The maximum atomic E-state index is 12.3. The van der Waals surface area contributed by atoms with Gasteiger partial charge in [0.15, 0.2) is 6.10 Å². The molecule has 0 saturated heterocycles. The second kappa shape index (κ2) is 61.8. The van der Waals surface area contributed by atoms with Gasteiger partial charge < -0.3 is 14.6 Å². The van der Waals surface area contributed by atoms with Crippen molar-refractivity contribution in [1.29, 1.82) is 0 Å². The van der Waals surface area contributed by atoms with Crippen LogP contribution in [0.25, 0.3) is 0 Å². The van der Waals surface area contributed by atoms with Gasteiger partial charge in [0.05, 0.1) is 6.61 Å². The molecular formula is C69H102O5. The Labute approximate surface area is 453 Å². The summed E-state index contributed by atoms with van der Waals surface area (Å²) in [4.78, 5) is 24.4. The van der Waals surface area contributed by atoms with Crippen molar-refractivity contribution in [3.05, 3.63) is 207 Å². The third-order valence-corrected chi connectivity index (χ3v) is 11.1. The molecule has 0 spiro atoms. The van der Waals surface area contributed by atoms with Crippen LogP contribution in [-0.4, -0.2) is 36.4 Å². The standard InChI is InChI=1S/C69H102O5/c1-3-5-7-9-11-13-15-17-19-21-23-24-25-26-27-28-29-30-31-32-33-34-35-36-37-38-39-40-41-42-43-44-46-48-50-52-54-56-58-60-62-64-69(72)74-67(65-70)66-73-68(71)63-61-59-57-55-53-51-49-47-45-22-20-18-16-14-12-10-8-6-4-2/h5-8,11-14,17-20,23-24,26-27,29-30,32-33,35-36,38-39,41-42,44-47,51,53,57,59,67,70H,3-4,9-10,15-16,21-22,25,28,31,34,37,40,43,48-50,52,54-56,58,60-66H2,1-2H3/b7-5-,8-6-,13-11-,14-12-,19-17-,20-18-,24-23-,27-26-,30-29-,33-32-,36-35-,39-38-,42-41-,46-44-,47-45-,53-51-,59-57-. The number of hydrogen-bond acceptors (Lipinski definition) is 5. The summed E-state index contributed by atoms with van der Waals surface area (Å²) in [5.41, 5.74) is 0. The van der Waals surface area contributed by atoms with Gasteiger partial charge >= 0.3 is 11.9 Å². The van der Waals surface area contributed by atoms with Crippen LogP contribution in [0.3, 0.4) is 0 Å². The summed E-state index contributed by atoms with van der Waals surface area (Å²) in [6.45, 7) is 3.81. The van der Waals surface area contributed by atoms with Crippen molar-refractivity contribution in [3.8, 4) is 0 Å². The molecule has 0 fully saturated rings. The van der Waals surface area contributed by atoms with E-state index < -0.39 is 6.10 Å². The number of allylic oxidation sites excluding steroid dienone is 34. The van der Waals surface area contributed by atoms with Crippen molar-refractivity contribution in [2.75, 3.05) is 13.2 Å². The Bertz CT molecular complexity index is 1810. The van der Waals surface area contributed by atoms with E-state index in [0.717, 1.165) is 135 Å². The van der Waals surface area contributed by atoms with Crippen LogP contribution < -0.4 is 0 Å². The average molecular weight is 1010 g/mol. The minimum Gasteiger partial charge on any atom is -0.462 e. The Kier molecular flexibility index (Phi) is 57.2. The number of aliphatic hydroxyl groups is 1. The van der Waals surface area contributed by atoms with Crippen molar-refractivity contribution in [2.24, 2.45) is 0 Å². The molecule has 1 N–H and O–H groups in total. The molecule has 0 aromatic heterocycles. The molecule has 0 bridgehead atoms. The first-order valence-corrected chi connectivity index (χ1v) is 28.6. The SMILES string of the molecule is CC/C=C\C/C=C\C/C=C\C/C=C\C/C=C\C/C=C\C/C=C\C/C=C\C/C=C\C/C=C\C/C=C\CCCCCCCCCC(=O)OC(CO)COC(=O)CC/C=C\C/C=C\C/C=C\C/C=C\C/C=C\C/C=C\CC. The molecule has 0 heterocycles. The first kappa shape index (κ1) is 68.5. The molecule has 0 aliphatic carbocycles. The number of rotatable bonds is 49. The van der Waals surface area contributed by atoms with Gasteiger partial charge in [-0.05, 0) is 135 Å². The summed E-state index contributed by atoms with van der Waals surface area (Å²) in [7, 11) is 0. The Morgan fingerprint density at radius 2 is 0.568 bits per heavy atom. The number of esters is 2. The van der Waals surface area contributed by atoms with Crippen molar-refractivity contribution in [3.63, 3.8) is 0 Å². The van der Waals surface area contributed by atoms with Crippen molar-refractivity contribution in [2.45, 2.75) is 200 Å². The van der Waals surface area contributed by atoms with Crippen LogP contribution in [0.1, 0.15) is 194 Å². The van der Waals surface area contributed by atoms with E-state index in [0.29, 0.717) is 12.8 Å². The second-order valence-corrected chi connectivity index (χ2v) is 17.9. The van der Waals surface area contributed by atoms with Gasteiger partial charge in [-0.1, -0.05) is 253 Å². The van der Waals surface area contributed by atoms with Gasteiger partial charge in [0.2, 0.25) is 0 Å². The van der Waals surface area contributed by atoms with Gasteiger partial charge in [0.25, 0.3) is 0 Å². The van der Waals surface area contributed by atoms with Gasteiger partial charge in [0, 0.05) is 12.8 Å². The highest BCUT2D eigenvalue weighted by atomic mass is 16.6. The van der Waals surface area contributed by atoms with Gasteiger partial charge in [-0.25, -0.2) is 0 Å². The molecule has 408 valence electrons. The van der Waals surface area contributed by atoms with E-state index >= 15 is 0 Å². The van der Waals surface area contributed by atoms with E-state index in [1.54, 1.807) is 0 Å². The average Bonchev–Trinajstić information content (AvgIpc) is 3.40. The number of aliphatic hydroxyl groups excluding tert-OH is 1. The van der Waals surface area contributed by atoms with E-state index in [1.807, 2.05) is 12.2 Å². The Hall–Kier alpha value is -5.52. The molecule has 74 heavy (non-hydrogen) atoms. The van der Waals surface area contributed by atoms with E-state index in [4.69, 9.17) is 9.47 Å². The monoisotopic (exact) mass is 1010 g/mol. The lowest BCUT2D eigenvalue weighted by Crippen LogP contribution is -2.28. The highest BCUT2D eigenvalue weighted by molar-refractivity contribution is 5.70. The molecule has 0 saturated carbocycles. The minimum absolute atomic E-state index is 0.125. The molecule has 0 aliphatic rings. The summed E-state index contributed by atoms with van der Waals surface area (Å²) in [6, 6.07) is 0. The third-order valence-electron chi connectivity index (χ3n) is 11.1. The molecule has 0 radical (unpaired) electrons. The fourth-order valence-electron chi connectivity index (χ4n) is 6.88. The summed E-state index contributed by atoms with van der Waals surface area (Å²) < 4.78 is 10.6. The summed E-state index contributed by atoms with van der Waals surface area (Å²) in [5, 5.41) is 9.63. The molecule has 0 aliphatic heterocycles. The van der Waals surface area contributed by atoms with E-state index in [2.05, 4.69) is 208 Å². The highest BCUT2D eigenvalue weighted by Gasteiger charge is 2.16. The Morgan fingerprint density at radius 3 is 0.865 bits per heavy atom. The minimum atomic E-state index is -0.826. The van der Waals surface area contributed by atoms with E-state index in [1.165, 1.54) is 25.7 Å². The van der Waals surface area contributed by atoms with Gasteiger partial charge in [0.1, 0.15) is 6.61 Å². The fourth-order valence-corrected chi connectivity index (χ4v) is 6.88. The van der Waals surface area contributed by atoms with Crippen molar-refractivity contribution in [1.82, 2.24) is 0 Å². The first-order valence-electron chi connectivity index (χ1n) is 28.6. The number of ether oxygens (including phenoxy) is 2. The zero-order chi connectivity index (χ0) is 53.4. The maximum Gasteiger partial charge on any atom is 0.306 e. The quantitative estimate of drug-likeness (QED) is 0.0373. The summed E-state index contributed by atoms with van der Waals surface area (Å²) in [6.07, 6.45) is 101. The topological polar surface area (TPSA) is 72.8 Å². The van der Waals surface area contributed by atoms with Crippen LogP contribution in [0.5, 0.6) is 0 Å². The largest absolute Gasteiger partial charge is 0.462 e. The molecule has 1 atom stereocenters. The van der Waals surface area contributed by atoms with Crippen molar-refractivity contribution < 1.29 is 24.2 Å². The van der Waals surface area contributed by atoms with E-state index in [-0.39, 0.29) is 31.6 Å². The lowest BCUT2D eigenvalue weighted by Gasteiger charge is -2.15. The zero-order valence-electron chi connectivity index (χ0n) is 46.5. The molecule has 0 rings (SSSR count). The summed E-state index contributed by atoms with van der Waals surface area (Å²) in [5.74, 6) is -0.720. The predicted molar refractivity (Wildman–Crippen MR) is 324 cm³/mol.